The second kappa shape index (κ2) is 12.8. The van der Waals surface area contributed by atoms with Gasteiger partial charge in [-0.15, -0.1) is 0 Å². The highest BCUT2D eigenvalue weighted by molar-refractivity contribution is 6.15. The molecule has 0 bridgehead atoms. The van der Waals surface area contributed by atoms with Crippen LogP contribution >= 0.6 is 0 Å². The van der Waals surface area contributed by atoms with Gasteiger partial charge in [-0.2, -0.15) is 0 Å². The van der Waals surface area contributed by atoms with Crippen LogP contribution in [-0.2, 0) is 5.41 Å². The first-order valence-corrected chi connectivity index (χ1v) is 20.4. The molecule has 0 unspecified atom stereocenters. The number of allylic oxidation sites excluding steroid dienone is 4. The molecule has 5 heteroatoms. The lowest BCUT2D eigenvalue weighted by molar-refractivity contribution is 0.607. The fourth-order valence-electron chi connectivity index (χ4n) is 9.69. The lowest BCUT2D eigenvalue weighted by atomic mass is 9.78. The Kier molecular flexibility index (Phi) is 7.33. The maximum atomic E-state index is 6.60. The smallest absolute Gasteiger partial charge is 0.164 e. The van der Waals surface area contributed by atoms with Crippen LogP contribution in [0.3, 0.4) is 0 Å². The molecule has 0 saturated carbocycles. The predicted molar refractivity (Wildman–Crippen MR) is 242 cm³/mol. The lowest BCUT2D eigenvalue weighted by Gasteiger charge is -2.26. The van der Waals surface area contributed by atoms with Gasteiger partial charge < -0.3 is 8.98 Å². The van der Waals surface area contributed by atoms with Crippen LogP contribution in [0.2, 0.25) is 0 Å². The molecule has 0 fully saturated rings. The van der Waals surface area contributed by atoms with Crippen LogP contribution in [-0.4, -0.2) is 19.5 Å². The molecular formula is C54H38N4O. The van der Waals surface area contributed by atoms with E-state index in [0.29, 0.717) is 17.5 Å². The monoisotopic (exact) mass is 758 g/mol. The van der Waals surface area contributed by atoms with Gasteiger partial charge >= 0.3 is 0 Å². The Balaban J connectivity index is 1.05. The van der Waals surface area contributed by atoms with Crippen molar-refractivity contribution in [3.63, 3.8) is 0 Å². The first-order chi connectivity index (χ1) is 29.0. The Labute approximate surface area is 341 Å². The van der Waals surface area contributed by atoms with Crippen molar-refractivity contribution in [2.75, 3.05) is 0 Å². The average molecular weight is 759 g/mol. The van der Waals surface area contributed by atoms with E-state index in [2.05, 4.69) is 164 Å². The van der Waals surface area contributed by atoms with Crippen molar-refractivity contribution < 1.29 is 4.42 Å². The van der Waals surface area contributed by atoms with Crippen molar-refractivity contribution in [1.82, 2.24) is 19.5 Å². The SMILES string of the molecule is CC1(C)C2=C(C=CCC2)c2ccc(-c3nc(-c4ccccc4)nc(-c4ccc5c6ccccc6n(-c6cccc7oc8cc(-c9ccccc9)ccc8c67)c5c4)n3)cc21. The summed E-state index contributed by atoms with van der Waals surface area (Å²) in [5.74, 6) is 1.95. The van der Waals surface area contributed by atoms with Gasteiger partial charge in [0, 0.05) is 38.3 Å². The van der Waals surface area contributed by atoms with Crippen molar-refractivity contribution in [3.05, 3.63) is 187 Å². The number of hydrogen-bond acceptors (Lipinski definition) is 4. The fourth-order valence-corrected chi connectivity index (χ4v) is 9.69. The average Bonchev–Trinajstić information content (AvgIpc) is 3.91. The minimum Gasteiger partial charge on any atom is -0.456 e. The molecule has 0 amide bonds. The molecule has 0 aliphatic heterocycles. The number of benzene rings is 7. The molecular weight excluding hydrogens is 721 g/mol. The first-order valence-electron chi connectivity index (χ1n) is 20.4. The summed E-state index contributed by atoms with van der Waals surface area (Å²) in [5.41, 5.74) is 15.6. The lowest BCUT2D eigenvalue weighted by Crippen LogP contribution is -2.17. The maximum absolute atomic E-state index is 6.60. The summed E-state index contributed by atoms with van der Waals surface area (Å²) >= 11 is 0. The van der Waals surface area contributed by atoms with Gasteiger partial charge in [-0.3, -0.25) is 0 Å². The van der Waals surface area contributed by atoms with E-state index in [9.17, 15) is 0 Å². The van der Waals surface area contributed by atoms with E-state index in [-0.39, 0.29) is 5.41 Å². The fraction of sp³-hybridized carbons (Fsp3) is 0.0926. The molecule has 0 spiro atoms. The molecule has 2 aliphatic carbocycles. The second-order valence-corrected chi connectivity index (χ2v) is 16.3. The van der Waals surface area contributed by atoms with Crippen molar-refractivity contribution in [2.24, 2.45) is 0 Å². The van der Waals surface area contributed by atoms with E-state index in [1.54, 1.807) is 0 Å². The van der Waals surface area contributed by atoms with Crippen molar-refractivity contribution >= 4 is 49.3 Å². The molecule has 2 aliphatic rings. The molecule has 7 aromatic carbocycles. The summed E-state index contributed by atoms with van der Waals surface area (Å²) in [7, 11) is 0. The van der Waals surface area contributed by atoms with Crippen LogP contribution in [0, 0.1) is 0 Å². The van der Waals surface area contributed by atoms with Gasteiger partial charge in [-0.1, -0.05) is 147 Å². The van der Waals surface area contributed by atoms with Gasteiger partial charge in [-0.05, 0) is 83.1 Å². The van der Waals surface area contributed by atoms with Crippen LogP contribution in [0.5, 0.6) is 0 Å². The van der Waals surface area contributed by atoms with Gasteiger partial charge in [0.1, 0.15) is 11.2 Å². The summed E-state index contributed by atoms with van der Waals surface area (Å²) in [5, 5.41) is 4.50. The summed E-state index contributed by atoms with van der Waals surface area (Å²) in [6.07, 6.45) is 6.80. The zero-order valence-electron chi connectivity index (χ0n) is 32.8. The van der Waals surface area contributed by atoms with Gasteiger partial charge in [0.15, 0.2) is 17.5 Å². The minimum atomic E-state index is -0.0602. The van der Waals surface area contributed by atoms with E-state index in [1.807, 2.05) is 24.3 Å². The normalized spacial score (nSPS) is 14.5. The first kappa shape index (κ1) is 33.7. The Morgan fingerprint density at radius 1 is 0.525 bits per heavy atom. The third kappa shape index (κ3) is 5.21. The van der Waals surface area contributed by atoms with Crippen LogP contribution < -0.4 is 0 Å². The Morgan fingerprint density at radius 2 is 1.19 bits per heavy atom. The molecule has 3 aromatic heterocycles. The van der Waals surface area contributed by atoms with E-state index < -0.39 is 0 Å². The third-order valence-electron chi connectivity index (χ3n) is 12.6. The molecule has 0 N–H and O–H groups in total. The quantitative estimate of drug-likeness (QED) is 0.175. The highest BCUT2D eigenvalue weighted by Crippen LogP contribution is 2.51. The molecule has 3 heterocycles. The van der Waals surface area contributed by atoms with E-state index in [1.165, 1.54) is 27.7 Å². The largest absolute Gasteiger partial charge is 0.456 e. The second-order valence-electron chi connectivity index (χ2n) is 16.3. The molecule has 0 radical (unpaired) electrons. The number of hydrogen-bond donors (Lipinski definition) is 0. The summed E-state index contributed by atoms with van der Waals surface area (Å²) < 4.78 is 8.98. The van der Waals surface area contributed by atoms with E-state index in [0.717, 1.165) is 84.7 Å². The van der Waals surface area contributed by atoms with Gasteiger partial charge in [0.2, 0.25) is 0 Å². The molecule has 10 aromatic rings. The van der Waals surface area contributed by atoms with Crippen LogP contribution in [0.25, 0.3) is 100 Å². The molecule has 59 heavy (non-hydrogen) atoms. The molecule has 12 rings (SSSR count). The molecule has 280 valence electrons. The van der Waals surface area contributed by atoms with Crippen LogP contribution in [0.1, 0.15) is 37.8 Å². The number of nitrogens with zero attached hydrogens (tertiary/aromatic N) is 4. The van der Waals surface area contributed by atoms with Gasteiger partial charge in [0.05, 0.1) is 22.1 Å². The zero-order chi connectivity index (χ0) is 39.2. The Hall–Kier alpha value is -7.37. The number of para-hydroxylation sites is 1. The predicted octanol–water partition coefficient (Wildman–Crippen LogP) is 13.9. The summed E-state index contributed by atoms with van der Waals surface area (Å²) in [6, 6.07) is 55.6. The number of fused-ring (bicyclic) bond motifs is 8. The van der Waals surface area contributed by atoms with Gasteiger partial charge in [0.25, 0.3) is 0 Å². The van der Waals surface area contributed by atoms with E-state index in [4.69, 9.17) is 19.4 Å². The number of rotatable bonds is 5. The highest BCUT2D eigenvalue weighted by atomic mass is 16.3. The summed E-state index contributed by atoms with van der Waals surface area (Å²) in [6.45, 7) is 4.71. The Morgan fingerprint density at radius 3 is 2.00 bits per heavy atom. The van der Waals surface area contributed by atoms with E-state index >= 15 is 0 Å². The summed E-state index contributed by atoms with van der Waals surface area (Å²) in [4.78, 5) is 15.6. The zero-order valence-corrected chi connectivity index (χ0v) is 32.8. The van der Waals surface area contributed by atoms with Crippen molar-refractivity contribution in [3.8, 4) is 51.0 Å². The Bertz CT molecular complexity index is 3400. The molecule has 0 atom stereocenters. The molecule has 0 saturated heterocycles. The number of aromatic nitrogens is 4. The standard InChI is InChI=1S/C54H38N4O/c1-54(2)43-20-11-9-18-38(43)39-27-25-36(30-44(39)54)52-55-51(34-16-7-4-8-17-34)56-53(57-52)37-26-28-41-40-19-10-12-21-45(40)58(47(41)31-37)46-22-13-23-48-50(46)42-29-24-35(32-49(42)59-48)33-14-5-3-6-15-33/h3-10,12-19,21-32H,11,20H2,1-2H3. The van der Waals surface area contributed by atoms with Crippen molar-refractivity contribution in [2.45, 2.75) is 32.1 Å². The van der Waals surface area contributed by atoms with Crippen LogP contribution in [0.15, 0.2) is 180 Å². The number of furan rings is 1. The van der Waals surface area contributed by atoms with Crippen LogP contribution in [0.4, 0.5) is 0 Å². The molecule has 5 nitrogen and oxygen atoms in total. The topological polar surface area (TPSA) is 56.7 Å². The third-order valence-corrected chi connectivity index (χ3v) is 12.6. The minimum absolute atomic E-state index is 0.0602. The highest BCUT2D eigenvalue weighted by Gasteiger charge is 2.37. The van der Waals surface area contributed by atoms with Crippen molar-refractivity contribution in [1.29, 1.82) is 0 Å². The van der Waals surface area contributed by atoms with Gasteiger partial charge in [-0.25, -0.2) is 15.0 Å². The maximum Gasteiger partial charge on any atom is 0.164 e.